The third-order valence-corrected chi connectivity index (χ3v) is 5.89. The average molecular weight is 502 g/mol. The number of hydrogen-bond acceptors (Lipinski definition) is 4. The summed E-state index contributed by atoms with van der Waals surface area (Å²) < 4.78 is 29.3. The number of aryl methyl sites for hydroxylation is 1. The van der Waals surface area contributed by atoms with E-state index in [9.17, 15) is 4.39 Å². The molecule has 0 spiro atoms. The zero-order valence-electron chi connectivity index (χ0n) is 21.5. The van der Waals surface area contributed by atoms with E-state index < -0.39 is 5.82 Å². The molecule has 3 aromatic rings. The van der Waals surface area contributed by atoms with E-state index in [2.05, 4.69) is 28.4 Å². The van der Waals surface area contributed by atoms with Crippen molar-refractivity contribution in [2.75, 3.05) is 18.8 Å². The van der Waals surface area contributed by atoms with Gasteiger partial charge in [0.2, 0.25) is 0 Å². The molecule has 2 heterocycles. The van der Waals surface area contributed by atoms with Crippen molar-refractivity contribution in [1.82, 2.24) is 20.3 Å². The summed E-state index contributed by atoms with van der Waals surface area (Å²) in [5.74, 6) is -0.270. The number of H-pyrrole nitrogens is 1. The fourth-order valence-corrected chi connectivity index (χ4v) is 3.95. The van der Waals surface area contributed by atoms with Gasteiger partial charge in [-0.05, 0) is 55.3 Å². The standard InChI is InChI=1S/C30H33F2N5/c1-6-10-24(22-11-13-23(31)14-12-22)29-19(5)36-27(37-29)16-25-26(33)18-35-30(28(25)32)21(8-3)15-20(7-2)17-34-9-4/h6-8,10-15,18,34H,1-2,9,16-17,33H2,3-5H3,(H,36,37)/b20-15+,21-8+,24-10-. The number of likely N-dealkylation sites (N-methyl/N-ethyl adjacent to an activating group) is 1. The molecule has 0 saturated carbocycles. The Labute approximate surface area is 217 Å². The van der Waals surface area contributed by atoms with Gasteiger partial charge in [-0.1, -0.05) is 56.5 Å². The number of benzene rings is 1. The number of nitrogens with two attached hydrogens (primary N) is 1. The lowest BCUT2D eigenvalue weighted by atomic mass is 10.0. The van der Waals surface area contributed by atoms with Gasteiger partial charge in [0.25, 0.3) is 0 Å². The molecule has 0 atom stereocenters. The van der Waals surface area contributed by atoms with Gasteiger partial charge in [0.05, 0.1) is 17.6 Å². The average Bonchev–Trinajstić information content (AvgIpc) is 3.26. The summed E-state index contributed by atoms with van der Waals surface area (Å²) >= 11 is 0. The maximum atomic E-state index is 15.8. The minimum Gasteiger partial charge on any atom is -0.397 e. The van der Waals surface area contributed by atoms with Crippen LogP contribution in [-0.2, 0) is 6.42 Å². The normalized spacial score (nSPS) is 12.6. The summed E-state index contributed by atoms with van der Waals surface area (Å²) in [6, 6.07) is 6.16. The van der Waals surface area contributed by atoms with Crippen LogP contribution in [0.2, 0.25) is 0 Å². The molecule has 0 amide bonds. The zero-order valence-corrected chi connectivity index (χ0v) is 21.5. The number of allylic oxidation sites excluding steroid dienone is 5. The van der Waals surface area contributed by atoms with Gasteiger partial charge in [-0.3, -0.25) is 4.98 Å². The number of halogens is 2. The lowest BCUT2D eigenvalue weighted by Crippen LogP contribution is -2.15. The summed E-state index contributed by atoms with van der Waals surface area (Å²) in [5, 5.41) is 3.25. The Kier molecular flexibility index (Phi) is 9.46. The third-order valence-electron chi connectivity index (χ3n) is 5.89. The van der Waals surface area contributed by atoms with Crippen molar-refractivity contribution < 1.29 is 8.78 Å². The van der Waals surface area contributed by atoms with Crippen LogP contribution >= 0.6 is 0 Å². The highest BCUT2D eigenvalue weighted by Crippen LogP contribution is 2.29. The van der Waals surface area contributed by atoms with E-state index >= 15 is 4.39 Å². The number of nitrogen functional groups attached to an aromatic ring is 1. The van der Waals surface area contributed by atoms with Crippen molar-refractivity contribution in [3.05, 3.63) is 125 Å². The summed E-state index contributed by atoms with van der Waals surface area (Å²) in [4.78, 5) is 12.3. The van der Waals surface area contributed by atoms with E-state index in [1.54, 1.807) is 24.3 Å². The summed E-state index contributed by atoms with van der Waals surface area (Å²) in [5.41, 5.74) is 11.5. The van der Waals surface area contributed by atoms with Crippen molar-refractivity contribution in [3.8, 4) is 0 Å². The Morgan fingerprint density at radius 2 is 1.89 bits per heavy atom. The Balaban J connectivity index is 1.99. The minimum atomic E-state index is -0.493. The topological polar surface area (TPSA) is 79.6 Å². The second-order valence-electron chi connectivity index (χ2n) is 8.46. The van der Waals surface area contributed by atoms with Gasteiger partial charge < -0.3 is 16.0 Å². The van der Waals surface area contributed by atoms with Crippen LogP contribution in [0.1, 0.15) is 47.9 Å². The molecule has 2 aromatic heterocycles. The van der Waals surface area contributed by atoms with Crippen molar-refractivity contribution in [2.24, 2.45) is 0 Å². The van der Waals surface area contributed by atoms with Crippen molar-refractivity contribution in [1.29, 1.82) is 0 Å². The predicted molar refractivity (Wildman–Crippen MR) is 149 cm³/mol. The third kappa shape index (κ3) is 6.57. The predicted octanol–water partition coefficient (Wildman–Crippen LogP) is 6.31. The van der Waals surface area contributed by atoms with Crippen molar-refractivity contribution >= 4 is 16.8 Å². The quantitative estimate of drug-likeness (QED) is 0.269. The molecular weight excluding hydrogens is 468 g/mol. The molecule has 5 nitrogen and oxygen atoms in total. The number of pyridine rings is 1. The zero-order chi connectivity index (χ0) is 26.9. The van der Waals surface area contributed by atoms with E-state index in [0.29, 0.717) is 29.2 Å². The number of aromatic nitrogens is 3. The molecule has 0 fully saturated rings. The Hall–Kier alpha value is -4.10. The van der Waals surface area contributed by atoms with Gasteiger partial charge in [0, 0.05) is 29.8 Å². The lowest BCUT2D eigenvalue weighted by Gasteiger charge is -2.12. The maximum absolute atomic E-state index is 15.8. The Morgan fingerprint density at radius 3 is 2.51 bits per heavy atom. The van der Waals surface area contributed by atoms with E-state index in [4.69, 9.17) is 10.7 Å². The van der Waals surface area contributed by atoms with Crippen LogP contribution < -0.4 is 11.1 Å². The number of imidazole rings is 1. The molecule has 0 bridgehead atoms. The van der Waals surface area contributed by atoms with Gasteiger partial charge in [-0.15, -0.1) is 0 Å². The van der Waals surface area contributed by atoms with Gasteiger partial charge in [0.15, 0.2) is 5.82 Å². The molecule has 0 radical (unpaired) electrons. The molecule has 0 aliphatic carbocycles. The lowest BCUT2D eigenvalue weighted by molar-refractivity contribution is 0.602. The number of nitrogens with one attached hydrogen (secondary N) is 2. The molecule has 0 unspecified atom stereocenters. The molecule has 1 aromatic carbocycles. The van der Waals surface area contributed by atoms with E-state index in [0.717, 1.165) is 28.9 Å². The highest BCUT2D eigenvalue weighted by atomic mass is 19.1. The first kappa shape index (κ1) is 27.5. The van der Waals surface area contributed by atoms with Crippen molar-refractivity contribution in [3.63, 3.8) is 0 Å². The number of anilines is 1. The Morgan fingerprint density at radius 1 is 1.16 bits per heavy atom. The molecule has 0 saturated heterocycles. The van der Waals surface area contributed by atoms with Crippen LogP contribution in [0.15, 0.2) is 79.6 Å². The molecule has 37 heavy (non-hydrogen) atoms. The SMILES string of the molecule is C=C/C=C(/c1ccc(F)cc1)c1nc(Cc2c(N)cnc(C(/C=C(\C=C)CNCC)=C/C)c2F)[nH]c1C. The summed E-state index contributed by atoms with van der Waals surface area (Å²) in [6.45, 7) is 14.8. The van der Waals surface area contributed by atoms with Gasteiger partial charge in [0.1, 0.15) is 17.3 Å². The summed E-state index contributed by atoms with van der Waals surface area (Å²) in [6.07, 6.45) is 10.5. The molecule has 4 N–H and O–H groups in total. The van der Waals surface area contributed by atoms with E-state index in [1.165, 1.54) is 18.3 Å². The van der Waals surface area contributed by atoms with Gasteiger partial charge >= 0.3 is 0 Å². The first-order valence-electron chi connectivity index (χ1n) is 12.1. The molecular formula is C30H33F2N5. The second kappa shape index (κ2) is 12.7. The highest BCUT2D eigenvalue weighted by molar-refractivity contribution is 5.80. The molecule has 0 aliphatic rings. The van der Waals surface area contributed by atoms with Gasteiger partial charge in [-0.2, -0.15) is 0 Å². The Bertz CT molecular complexity index is 1360. The molecule has 7 heteroatoms. The second-order valence-corrected chi connectivity index (χ2v) is 8.46. The van der Waals surface area contributed by atoms with Crippen LogP contribution in [0.5, 0.6) is 0 Å². The number of rotatable bonds is 11. The fourth-order valence-electron chi connectivity index (χ4n) is 3.95. The number of hydrogen-bond donors (Lipinski definition) is 3. The molecule has 192 valence electrons. The first-order valence-corrected chi connectivity index (χ1v) is 12.1. The van der Waals surface area contributed by atoms with E-state index in [1.807, 2.05) is 39.0 Å². The number of nitrogens with zero attached hydrogens (tertiary/aromatic N) is 2. The highest BCUT2D eigenvalue weighted by Gasteiger charge is 2.19. The van der Waals surface area contributed by atoms with Crippen LogP contribution in [0.3, 0.4) is 0 Å². The fraction of sp³-hybridized carbons (Fsp3) is 0.200. The van der Waals surface area contributed by atoms with Crippen LogP contribution in [0.4, 0.5) is 14.5 Å². The monoisotopic (exact) mass is 501 g/mol. The van der Waals surface area contributed by atoms with Crippen LogP contribution in [0, 0.1) is 18.6 Å². The van der Waals surface area contributed by atoms with Crippen LogP contribution in [-0.4, -0.2) is 28.0 Å². The number of aromatic amines is 1. The van der Waals surface area contributed by atoms with E-state index in [-0.39, 0.29) is 23.6 Å². The summed E-state index contributed by atoms with van der Waals surface area (Å²) in [7, 11) is 0. The largest absolute Gasteiger partial charge is 0.397 e. The molecule has 3 rings (SSSR count). The minimum absolute atomic E-state index is 0.144. The molecule has 0 aliphatic heterocycles. The maximum Gasteiger partial charge on any atom is 0.155 e. The van der Waals surface area contributed by atoms with Crippen molar-refractivity contribution in [2.45, 2.75) is 27.2 Å². The van der Waals surface area contributed by atoms with Gasteiger partial charge in [-0.25, -0.2) is 13.8 Å². The smallest absolute Gasteiger partial charge is 0.155 e. The van der Waals surface area contributed by atoms with Crippen LogP contribution in [0.25, 0.3) is 11.1 Å². The first-order chi connectivity index (χ1) is 17.8.